The van der Waals surface area contributed by atoms with Gasteiger partial charge in [-0.15, -0.1) is 0 Å². The van der Waals surface area contributed by atoms with E-state index in [-0.39, 0.29) is 12.5 Å². The van der Waals surface area contributed by atoms with Gasteiger partial charge in [0, 0.05) is 6.42 Å². The molecule has 0 aromatic carbocycles. The molecule has 0 rings (SSSR count). The average Bonchev–Trinajstić information content (AvgIpc) is 2.92. The predicted octanol–water partition coefficient (Wildman–Crippen LogP) is 6.99. The fourth-order valence-electron chi connectivity index (χ4n) is 4.19. The van der Waals surface area contributed by atoms with Gasteiger partial charge in [-0.2, -0.15) is 0 Å². The quantitative estimate of drug-likeness (QED) is 0.0426. The third-order valence-electron chi connectivity index (χ3n) is 6.84. The molecule has 0 aliphatic carbocycles. The number of unbranched alkanes of at least 4 members (excludes halogenated alkanes) is 11. The zero-order valence-electron chi connectivity index (χ0n) is 27.4. The molecule has 0 bridgehead atoms. The number of quaternary nitrogens is 1. The number of hydrogen-bond acceptors (Lipinski definition) is 6. The van der Waals surface area contributed by atoms with Crippen LogP contribution in [0.3, 0.4) is 0 Å². The minimum atomic E-state index is -4.58. The van der Waals surface area contributed by atoms with Crippen molar-refractivity contribution in [1.82, 2.24) is 5.32 Å². The third-order valence-corrected chi connectivity index (χ3v) is 7.81. The normalized spacial score (nSPS) is 15.5. The van der Waals surface area contributed by atoms with Crippen LogP contribution in [0, 0.1) is 0 Å². The molecule has 0 saturated heterocycles. The van der Waals surface area contributed by atoms with E-state index in [0.29, 0.717) is 17.4 Å². The fourth-order valence-corrected chi connectivity index (χ4v) is 4.91. The molecule has 42 heavy (non-hydrogen) atoms. The minimum Gasteiger partial charge on any atom is -0.756 e. The lowest BCUT2D eigenvalue weighted by Crippen LogP contribution is -2.45. The summed E-state index contributed by atoms with van der Waals surface area (Å²) in [6.45, 7) is 4.43. The lowest BCUT2D eigenvalue weighted by Gasteiger charge is -2.29. The first-order chi connectivity index (χ1) is 20.0. The second kappa shape index (κ2) is 26.2. The molecule has 1 amide bonds. The van der Waals surface area contributed by atoms with Crippen LogP contribution in [0.2, 0.25) is 0 Å². The highest BCUT2D eigenvalue weighted by Gasteiger charge is 2.23. The van der Waals surface area contributed by atoms with Gasteiger partial charge in [-0.1, -0.05) is 108 Å². The average molecular weight is 615 g/mol. The van der Waals surface area contributed by atoms with Crippen LogP contribution in [0.1, 0.15) is 117 Å². The van der Waals surface area contributed by atoms with Gasteiger partial charge in [0.15, 0.2) is 0 Å². The smallest absolute Gasteiger partial charge is 0.268 e. The Labute approximate surface area is 257 Å². The molecule has 3 atom stereocenters. The largest absolute Gasteiger partial charge is 0.756 e. The molecule has 0 aromatic heterocycles. The first kappa shape index (κ1) is 40.7. The van der Waals surface area contributed by atoms with Gasteiger partial charge < -0.3 is 28.8 Å². The standard InChI is InChI=1S/C33H63N2O6P/c1-6-8-10-12-14-16-18-20-22-24-26-32(36)31(30-41-42(38,39)40-29-28-35(3,4)5)34-33(37)27-25-23-21-19-17-15-13-11-9-7-2/h8,10,16,18,24,26,31-32,36H,6-7,9,11-15,17,19-23,25,27-30H2,1-5H3,(H-,34,37,38,39)/b10-8+,18-16+,26-24+. The van der Waals surface area contributed by atoms with Crippen LogP contribution in [0.5, 0.6) is 0 Å². The second-order valence-corrected chi connectivity index (χ2v) is 13.5. The molecule has 8 nitrogen and oxygen atoms in total. The molecule has 0 aromatic rings. The van der Waals surface area contributed by atoms with E-state index in [9.17, 15) is 19.4 Å². The summed E-state index contributed by atoms with van der Waals surface area (Å²) < 4.78 is 22.9. The molecule has 0 saturated carbocycles. The highest BCUT2D eigenvalue weighted by Crippen LogP contribution is 2.38. The number of nitrogens with zero attached hydrogens (tertiary/aromatic N) is 1. The summed E-state index contributed by atoms with van der Waals surface area (Å²) in [5.74, 6) is -0.220. The number of aliphatic hydroxyl groups excluding tert-OH is 1. The van der Waals surface area contributed by atoms with Crippen molar-refractivity contribution in [3.05, 3.63) is 36.5 Å². The fraction of sp³-hybridized carbons (Fsp3) is 0.788. The number of carbonyl (C=O) groups is 1. The Morgan fingerprint density at radius 2 is 1.36 bits per heavy atom. The molecule has 0 spiro atoms. The number of rotatable bonds is 28. The Balaban J connectivity index is 4.72. The lowest BCUT2D eigenvalue weighted by atomic mass is 10.1. The number of phosphoric ester groups is 1. The summed E-state index contributed by atoms with van der Waals surface area (Å²) in [5, 5.41) is 13.5. The van der Waals surface area contributed by atoms with Crippen molar-refractivity contribution >= 4 is 13.7 Å². The summed E-state index contributed by atoms with van der Waals surface area (Å²) >= 11 is 0. The monoisotopic (exact) mass is 614 g/mol. The van der Waals surface area contributed by atoms with Crippen LogP contribution in [0.4, 0.5) is 0 Å². The maximum atomic E-state index is 12.6. The Kier molecular flexibility index (Phi) is 25.4. The van der Waals surface area contributed by atoms with E-state index in [4.69, 9.17) is 9.05 Å². The number of carbonyl (C=O) groups excluding carboxylic acids is 1. The molecular formula is C33H63N2O6P. The van der Waals surface area contributed by atoms with Crippen LogP contribution in [0.25, 0.3) is 0 Å². The third kappa shape index (κ3) is 27.5. The topological polar surface area (TPSA) is 108 Å². The lowest BCUT2D eigenvalue weighted by molar-refractivity contribution is -0.870. The first-order valence-corrected chi connectivity index (χ1v) is 17.8. The molecule has 246 valence electrons. The highest BCUT2D eigenvalue weighted by atomic mass is 31.2. The van der Waals surface area contributed by atoms with Crippen molar-refractivity contribution in [3.8, 4) is 0 Å². The predicted molar refractivity (Wildman–Crippen MR) is 173 cm³/mol. The number of phosphoric acid groups is 1. The number of amides is 1. The summed E-state index contributed by atoms with van der Waals surface area (Å²) in [6, 6.07) is -0.901. The van der Waals surface area contributed by atoms with E-state index in [1.807, 2.05) is 27.2 Å². The summed E-state index contributed by atoms with van der Waals surface area (Å²) in [4.78, 5) is 24.9. The summed E-state index contributed by atoms with van der Waals surface area (Å²) in [7, 11) is 1.23. The van der Waals surface area contributed by atoms with E-state index in [2.05, 4.69) is 43.5 Å². The molecule has 0 heterocycles. The first-order valence-electron chi connectivity index (χ1n) is 16.4. The number of likely N-dealkylation sites (N-methyl/N-ethyl adjacent to an activating group) is 1. The van der Waals surface area contributed by atoms with Gasteiger partial charge in [0.25, 0.3) is 7.82 Å². The Bertz CT molecular complexity index is 794. The van der Waals surface area contributed by atoms with Crippen molar-refractivity contribution in [1.29, 1.82) is 0 Å². The SMILES string of the molecule is CC/C=C/CC/C=C/CC/C=C/C(O)C(COP(=O)([O-])OCC[N+](C)(C)C)NC(=O)CCCCCCCCCCCC. The van der Waals surface area contributed by atoms with Gasteiger partial charge in [-0.3, -0.25) is 9.36 Å². The molecule has 0 radical (unpaired) electrons. The number of aliphatic hydroxyl groups is 1. The number of hydrogen-bond donors (Lipinski definition) is 2. The van der Waals surface area contributed by atoms with Gasteiger partial charge in [0.1, 0.15) is 13.2 Å². The molecule has 9 heteroatoms. The van der Waals surface area contributed by atoms with E-state index in [0.717, 1.165) is 51.4 Å². The van der Waals surface area contributed by atoms with Crippen molar-refractivity contribution in [2.75, 3.05) is 40.9 Å². The molecule has 2 N–H and O–H groups in total. The zero-order chi connectivity index (χ0) is 31.5. The van der Waals surface area contributed by atoms with Crippen LogP contribution in [-0.2, 0) is 18.4 Å². The Hall–Kier alpha value is -1.28. The van der Waals surface area contributed by atoms with E-state index in [1.54, 1.807) is 6.08 Å². The van der Waals surface area contributed by atoms with Gasteiger partial charge in [-0.05, 0) is 38.5 Å². The van der Waals surface area contributed by atoms with Crippen molar-refractivity contribution in [2.45, 2.75) is 129 Å². The van der Waals surface area contributed by atoms with Gasteiger partial charge >= 0.3 is 0 Å². The van der Waals surface area contributed by atoms with Gasteiger partial charge in [0.2, 0.25) is 5.91 Å². The number of nitrogens with one attached hydrogen (secondary N) is 1. The minimum absolute atomic E-state index is 0.00902. The van der Waals surface area contributed by atoms with Gasteiger partial charge in [-0.25, -0.2) is 0 Å². The van der Waals surface area contributed by atoms with Crippen molar-refractivity contribution in [3.63, 3.8) is 0 Å². The Morgan fingerprint density at radius 3 is 1.90 bits per heavy atom. The Morgan fingerprint density at radius 1 is 0.833 bits per heavy atom. The summed E-state index contributed by atoms with van der Waals surface area (Å²) in [6.07, 6.45) is 27.7. The molecule has 0 aliphatic rings. The van der Waals surface area contributed by atoms with Gasteiger partial charge in [0.05, 0.1) is 39.9 Å². The van der Waals surface area contributed by atoms with Crippen LogP contribution in [-0.4, -0.2) is 68.5 Å². The highest BCUT2D eigenvalue weighted by molar-refractivity contribution is 7.45. The van der Waals surface area contributed by atoms with E-state index < -0.39 is 26.6 Å². The van der Waals surface area contributed by atoms with Crippen LogP contribution in [0.15, 0.2) is 36.5 Å². The van der Waals surface area contributed by atoms with E-state index >= 15 is 0 Å². The number of allylic oxidation sites excluding steroid dienone is 5. The molecular weight excluding hydrogens is 551 g/mol. The maximum absolute atomic E-state index is 12.6. The second-order valence-electron chi connectivity index (χ2n) is 12.1. The van der Waals surface area contributed by atoms with E-state index in [1.165, 1.54) is 44.9 Å². The van der Waals surface area contributed by atoms with Crippen LogP contribution < -0.4 is 10.2 Å². The van der Waals surface area contributed by atoms with Crippen LogP contribution >= 0.6 is 7.82 Å². The van der Waals surface area contributed by atoms with Crippen molar-refractivity contribution < 1.29 is 32.9 Å². The zero-order valence-corrected chi connectivity index (χ0v) is 28.3. The summed E-state index contributed by atoms with van der Waals surface area (Å²) in [5.41, 5.74) is 0. The molecule has 0 aliphatic heterocycles. The van der Waals surface area contributed by atoms with Crippen molar-refractivity contribution in [2.24, 2.45) is 0 Å². The maximum Gasteiger partial charge on any atom is 0.268 e. The molecule has 3 unspecified atom stereocenters. The molecule has 0 fully saturated rings.